The molecule has 1 aliphatic carbocycles. The summed E-state index contributed by atoms with van der Waals surface area (Å²) >= 11 is 0. The van der Waals surface area contributed by atoms with E-state index in [2.05, 4.69) is 0 Å². The summed E-state index contributed by atoms with van der Waals surface area (Å²) in [6.45, 7) is 0. The minimum Gasteiger partial charge on any atom is -0.490 e. The second kappa shape index (κ2) is 5.18. The van der Waals surface area contributed by atoms with Crippen molar-refractivity contribution in [3.05, 3.63) is 29.8 Å². The standard InChI is InChI=1S/C13H15F3O2/c14-13(15,16)7-6-12(17)9-2-1-3-11(8-9)18-10-4-5-10/h1-3,8,10,12,17H,4-7H2. The number of aliphatic hydroxyl groups is 1. The summed E-state index contributed by atoms with van der Waals surface area (Å²) in [5, 5.41) is 9.70. The molecular weight excluding hydrogens is 245 g/mol. The largest absolute Gasteiger partial charge is 0.490 e. The Labute approximate surface area is 103 Å². The first kappa shape index (κ1) is 13.2. The molecule has 2 nitrogen and oxygen atoms in total. The van der Waals surface area contributed by atoms with Gasteiger partial charge in [0.05, 0.1) is 12.2 Å². The van der Waals surface area contributed by atoms with Crippen LogP contribution in [0.4, 0.5) is 13.2 Å². The van der Waals surface area contributed by atoms with Gasteiger partial charge >= 0.3 is 6.18 Å². The van der Waals surface area contributed by atoms with E-state index < -0.39 is 18.7 Å². The van der Waals surface area contributed by atoms with Gasteiger partial charge in [-0.25, -0.2) is 0 Å². The predicted octanol–water partition coefficient (Wildman–Crippen LogP) is 3.60. The first-order valence-electron chi connectivity index (χ1n) is 5.95. The van der Waals surface area contributed by atoms with E-state index in [4.69, 9.17) is 4.74 Å². The fourth-order valence-electron chi connectivity index (χ4n) is 1.64. The lowest BCUT2D eigenvalue weighted by molar-refractivity contribution is -0.140. The highest BCUT2D eigenvalue weighted by molar-refractivity contribution is 5.30. The van der Waals surface area contributed by atoms with Crippen LogP contribution < -0.4 is 4.74 Å². The fraction of sp³-hybridized carbons (Fsp3) is 0.538. The van der Waals surface area contributed by atoms with E-state index in [0.29, 0.717) is 11.3 Å². The molecule has 1 saturated carbocycles. The smallest absolute Gasteiger partial charge is 0.389 e. The highest BCUT2D eigenvalue weighted by Gasteiger charge is 2.28. The Balaban J connectivity index is 1.93. The third kappa shape index (κ3) is 4.22. The normalized spacial score (nSPS) is 17.6. The Morgan fingerprint density at radius 2 is 2.06 bits per heavy atom. The number of aliphatic hydroxyl groups excluding tert-OH is 1. The number of ether oxygens (including phenoxy) is 1. The zero-order valence-corrected chi connectivity index (χ0v) is 9.78. The second-order valence-electron chi connectivity index (χ2n) is 4.56. The third-order valence-corrected chi connectivity index (χ3v) is 2.77. The molecule has 0 amide bonds. The van der Waals surface area contributed by atoms with Crippen molar-refractivity contribution in [3.63, 3.8) is 0 Å². The highest BCUT2D eigenvalue weighted by Crippen LogP contribution is 2.31. The molecule has 1 fully saturated rings. The molecule has 100 valence electrons. The SMILES string of the molecule is OC(CCC(F)(F)F)c1cccc(OC2CC2)c1. The molecule has 1 N–H and O–H groups in total. The van der Waals surface area contributed by atoms with Crippen LogP contribution in [0.3, 0.4) is 0 Å². The van der Waals surface area contributed by atoms with E-state index in [1.165, 1.54) is 0 Å². The van der Waals surface area contributed by atoms with Gasteiger partial charge in [0, 0.05) is 6.42 Å². The quantitative estimate of drug-likeness (QED) is 0.876. The van der Waals surface area contributed by atoms with Gasteiger partial charge in [-0.3, -0.25) is 0 Å². The first-order chi connectivity index (χ1) is 8.44. The minimum atomic E-state index is -4.23. The maximum Gasteiger partial charge on any atom is 0.389 e. The van der Waals surface area contributed by atoms with Crippen LogP contribution in [0.25, 0.3) is 0 Å². The van der Waals surface area contributed by atoms with Crippen molar-refractivity contribution in [1.82, 2.24) is 0 Å². The second-order valence-corrected chi connectivity index (χ2v) is 4.56. The van der Waals surface area contributed by atoms with E-state index in [0.717, 1.165) is 12.8 Å². The van der Waals surface area contributed by atoms with Crippen molar-refractivity contribution in [2.24, 2.45) is 0 Å². The Morgan fingerprint density at radius 3 is 2.67 bits per heavy atom. The van der Waals surface area contributed by atoms with Gasteiger partial charge in [0.2, 0.25) is 0 Å². The van der Waals surface area contributed by atoms with Crippen molar-refractivity contribution >= 4 is 0 Å². The number of hydrogen-bond acceptors (Lipinski definition) is 2. The lowest BCUT2D eigenvalue weighted by Crippen LogP contribution is -2.10. The molecule has 0 aliphatic heterocycles. The molecule has 0 aromatic heterocycles. The van der Waals surface area contributed by atoms with E-state index in [1.807, 2.05) is 0 Å². The Morgan fingerprint density at radius 1 is 1.33 bits per heavy atom. The van der Waals surface area contributed by atoms with Gasteiger partial charge < -0.3 is 9.84 Å². The van der Waals surface area contributed by atoms with E-state index in [1.54, 1.807) is 24.3 Å². The maximum absolute atomic E-state index is 12.1. The summed E-state index contributed by atoms with van der Waals surface area (Å²) in [5.74, 6) is 0.612. The van der Waals surface area contributed by atoms with Crippen LogP contribution >= 0.6 is 0 Å². The van der Waals surface area contributed by atoms with E-state index >= 15 is 0 Å². The molecule has 0 saturated heterocycles. The van der Waals surface area contributed by atoms with Crippen LogP contribution in [0.15, 0.2) is 24.3 Å². The zero-order chi connectivity index (χ0) is 13.2. The number of alkyl halides is 3. The van der Waals surface area contributed by atoms with Crippen LogP contribution in [-0.2, 0) is 0 Å². The van der Waals surface area contributed by atoms with Crippen molar-refractivity contribution in [1.29, 1.82) is 0 Å². The molecule has 18 heavy (non-hydrogen) atoms. The summed E-state index contributed by atoms with van der Waals surface area (Å²) in [7, 11) is 0. The maximum atomic E-state index is 12.1. The van der Waals surface area contributed by atoms with Gasteiger partial charge in [-0.05, 0) is 37.0 Å². The first-order valence-corrected chi connectivity index (χ1v) is 5.95. The van der Waals surface area contributed by atoms with Gasteiger partial charge in [0.25, 0.3) is 0 Å². The summed E-state index contributed by atoms with van der Waals surface area (Å²) in [6, 6.07) is 6.66. The monoisotopic (exact) mass is 260 g/mol. The number of benzene rings is 1. The molecule has 1 unspecified atom stereocenters. The van der Waals surface area contributed by atoms with Gasteiger partial charge in [0.15, 0.2) is 0 Å². The molecular formula is C13H15F3O2. The molecule has 0 spiro atoms. The van der Waals surface area contributed by atoms with Crippen molar-refractivity contribution in [2.75, 3.05) is 0 Å². The molecule has 1 atom stereocenters. The van der Waals surface area contributed by atoms with Crippen LogP contribution in [0, 0.1) is 0 Å². The molecule has 1 aromatic carbocycles. The molecule has 0 radical (unpaired) electrons. The highest BCUT2D eigenvalue weighted by atomic mass is 19.4. The molecule has 2 rings (SSSR count). The predicted molar refractivity (Wildman–Crippen MR) is 60.3 cm³/mol. The van der Waals surface area contributed by atoms with Crippen molar-refractivity contribution in [2.45, 2.75) is 44.1 Å². The number of rotatable bonds is 5. The number of hydrogen-bond donors (Lipinski definition) is 1. The summed E-state index contributed by atoms with van der Waals surface area (Å²) < 4.78 is 41.7. The average molecular weight is 260 g/mol. The zero-order valence-electron chi connectivity index (χ0n) is 9.78. The van der Waals surface area contributed by atoms with Gasteiger partial charge in [-0.1, -0.05) is 12.1 Å². The average Bonchev–Trinajstić information content (AvgIpc) is 3.09. The molecule has 0 bridgehead atoms. The van der Waals surface area contributed by atoms with E-state index in [9.17, 15) is 18.3 Å². The van der Waals surface area contributed by atoms with Crippen LogP contribution in [0.1, 0.15) is 37.4 Å². The van der Waals surface area contributed by atoms with Crippen LogP contribution in [-0.4, -0.2) is 17.4 Å². The lowest BCUT2D eigenvalue weighted by Gasteiger charge is -2.14. The number of halogens is 3. The summed E-state index contributed by atoms with van der Waals surface area (Å²) in [4.78, 5) is 0. The molecule has 5 heteroatoms. The molecule has 1 aliphatic rings. The molecule has 0 heterocycles. The van der Waals surface area contributed by atoms with Gasteiger partial charge in [-0.15, -0.1) is 0 Å². The summed E-state index contributed by atoms with van der Waals surface area (Å²) in [5.41, 5.74) is 0.470. The minimum absolute atomic E-state index is 0.229. The molecule has 1 aromatic rings. The lowest BCUT2D eigenvalue weighted by atomic mass is 10.0. The Hall–Kier alpha value is -1.23. The van der Waals surface area contributed by atoms with Crippen LogP contribution in [0.2, 0.25) is 0 Å². The fourth-order valence-corrected chi connectivity index (χ4v) is 1.64. The Kier molecular flexibility index (Phi) is 3.80. The third-order valence-electron chi connectivity index (χ3n) is 2.77. The van der Waals surface area contributed by atoms with Gasteiger partial charge in [0.1, 0.15) is 5.75 Å². The van der Waals surface area contributed by atoms with Crippen molar-refractivity contribution < 1.29 is 23.0 Å². The topological polar surface area (TPSA) is 29.5 Å². The van der Waals surface area contributed by atoms with Crippen molar-refractivity contribution in [3.8, 4) is 5.75 Å². The van der Waals surface area contributed by atoms with Crippen LogP contribution in [0.5, 0.6) is 5.75 Å². The van der Waals surface area contributed by atoms with E-state index in [-0.39, 0.29) is 12.5 Å². The summed E-state index contributed by atoms with van der Waals surface area (Å²) in [6.07, 6.45) is -4.38. The Bertz CT molecular complexity index is 399. The van der Waals surface area contributed by atoms with Gasteiger partial charge in [-0.2, -0.15) is 13.2 Å².